The molecule has 1 aromatic carbocycles. The van der Waals surface area contributed by atoms with Gasteiger partial charge >= 0.3 is 5.97 Å². The smallest absolute Gasteiger partial charge is 0.335 e. The van der Waals surface area contributed by atoms with Gasteiger partial charge in [-0.2, -0.15) is 0 Å². The molecule has 2 aliphatic rings. The molecule has 20 heavy (non-hydrogen) atoms. The normalized spacial score (nSPS) is 17.1. The van der Waals surface area contributed by atoms with E-state index in [1.54, 1.807) is 23.1 Å². The number of nitrogens with zero attached hydrogens (tertiary/aromatic N) is 1. The summed E-state index contributed by atoms with van der Waals surface area (Å²) >= 11 is 0. The summed E-state index contributed by atoms with van der Waals surface area (Å²) in [4.78, 5) is 24.9. The second kappa shape index (κ2) is 5.25. The maximum atomic E-state index is 12.2. The Bertz CT molecular complexity index is 552. The minimum atomic E-state index is -0.925. The average molecular weight is 274 g/mol. The first-order valence-corrected chi connectivity index (χ1v) is 7.05. The van der Waals surface area contributed by atoms with Crippen LogP contribution in [0.5, 0.6) is 0 Å². The van der Waals surface area contributed by atoms with Crippen LogP contribution in [0, 0.1) is 0 Å². The van der Waals surface area contributed by atoms with Crippen molar-refractivity contribution < 1.29 is 14.7 Å². The Balaban J connectivity index is 1.65. The molecule has 1 heterocycles. The minimum absolute atomic E-state index is 0.111. The molecule has 106 valence electrons. The van der Waals surface area contributed by atoms with Crippen molar-refractivity contribution in [2.75, 3.05) is 18.0 Å². The predicted molar refractivity (Wildman–Crippen MR) is 75.1 cm³/mol. The number of carbonyl (C=O) groups excluding carboxylic acids is 1. The molecule has 3 rings (SSSR count). The first kappa shape index (κ1) is 13.1. The van der Waals surface area contributed by atoms with E-state index in [1.807, 2.05) is 0 Å². The van der Waals surface area contributed by atoms with Crippen molar-refractivity contribution in [2.45, 2.75) is 31.7 Å². The van der Waals surface area contributed by atoms with Crippen LogP contribution in [0.2, 0.25) is 0 Å². The summed E-state index contributed by atoms with van der Waals surface area (Å²) in [6, 6.07) is 5.60. The van der Waals surface area contributed by atoms with E-state index < -0.39 is 5.97 Å². The standard InChI is InChI=1S/C15H18N2O3/c18-14(5-7-16-12-2-3-12)17-8-6-10-9-11(15(19)20)1-4-13(10)17/h1,4,9,12,16H,2-3,5-8H2,(H,19,20). The molecule has 0 unspecified atom stereocenters. The van der Waals surface area contributed by atoms with Crippen molar-refractivity contribution in [3.8, 4) is 0 Å². The highest BCUT2D eigenvalue weighted by atomic mass is 16.4. The molecule has 5 nitrogen and oxygen atoms in total. The number of nitrogens with one attached hydrogen (secondary N) is 1. The van der Waals surface area contributed by atoms with E-state index in [4.69, 9.17) is 5.11 Å². The summed E-state index contributed by atoms with van der Waals surface area (Å²) in [6.45, 7) is 1.38. The number of carboxylic acid groups (broad SMARTS) is 1. The first-order chi connectivity index (χ1) is 9.65. The Morgan fingerprint density at radius 1 is 1.35 bits per heavy atom. The van der Waals surface area contributed by atoms with Crippen molar-refractivity contribution in [1.29, 1.82) is 0 Å². The van der Waals surface area contributed by atoms with Gasteiger partial charge in [0.2, 0.25) is 5.91 Å². The van der Waals surface area contributed by atoms with E-state index in [1.165, 1.54) is 12.8 Å². The van der Waals surface area contributed by atoms with Crippen LogP contribution < -0.4 is 10.2 Å². The molecule has 0 bridgehead atoms. The maximum absolute atomic E-state index is 12.2. The second-order valence-corrected chi connectivity index (χ2v) is 5.42. The molecule has 1 aliphatic carbocycles. The number of carbonyl (C=O) groups is 2. The van der Waals surface area contributed by atoms with Crippen molar-refractivity contribution in [1.82, 2.24) is 5.32 Å². The lowest BCUT2D eigenvalue weighted by atomic mass is 10.1. The zero-order valence-electron chi connectivity index (χ0n) is 11.3. The number of carboxylic acids is 1. The van der Waals surface area contributed by atoms with Gasteiger partial charge in [-0.3, -0.25) is 4.79 Å². The lowest BCUT2D eigenvalue weighted by Gasteiger charge is -2.17. The van der Waals surface area contributed by atoms with Gasteiger partial charge in [0, 0.05) is 31.2 Å². The summed E-state index contributed by atoms with van der Waals surface area (Å²) in [7, 11) is 0. The van der Waals surface area contributed by atoms with E-state index >= 15 is 0 Å². The number of anilines is 1. The van der Waals surface area contributed by atoms with E-state index in [2.05, 4.69) is 5.32 Å². The Morgan fingerprint density at radius 3 is 2.85 bits per heavy atom. The lowest BCUT2D eigenvalue weighted by molar-refractivity contribution is -0.118. The molecule has 0 atom stereocenters. The van der Waals surface area contributed by atoms with Gasteiger partial charge in [-0.15, -0.1) is 0 Å². The van der Waals surface area contributed by atoms with Crippen LogP contribution in [-0.2, 0) is 11.2 Å². The molecule has 0 saturated heterocycles. The van der Waals surface area contributed by atoms with E-state index in [0.717, 1.165) is 24.2 Å². The molecule has 0 aromatic heterocycles. The van der Waals surface area contributed by atoms with Crippen molar-refractivity contribution >= 4 is 17.6 Å². The molecule has 1 aliphatic heterocycles. The molecule has 5 heteroatoms. The van der Waals surface area contributed by atoms with Crippen molar-refractivity contribution in [3.63, 3.8) is 0 Å². The first-order valence-electron chi connectivity index (χ1n) is 7.05. The van der Waals surface area contributed by atoms with Crippen LogP contribution in [0.3, 0.4) is 0 Å². The molecule has 1 saturated carbocycles. The number of benzene rings is 1. The molecule has 0 radical (unpaired) electrons. The fourth-order valence-corrected chi connectivity index (χ4v) is 2.60. The van der Waals surface area contributed by atoms with Crippen molar-refractivity contribution in [2.24, 2.45) is 0 Å². The zero-order valence-corrected chi connectivity index (χ0v) is 11.3. The minimum Gasteiger partial charge on any atom is -0.478 e. The van der Waals surface area contributed by atoms with Crippen LogP contribution in [0.15, 0.2) is 18.2 Å². The molecule has 0 spiro atoms. The van der Waals surface area contributed by atoms with Gasteiger partial charge in [0.05, 0.1) is 5.56 Å². The van der Waals surface area contributed by atoms with Gasteiger partial charge in [0.25, 0.3) is 0 Å². The third-order valence-electron chi connectivity index (χ3n) is 3.87. The van der Waals surface area contributed by atoms with Crippen LogP contribution in [0.25, 0.3) is 0 Å². The number of hydrogen-bond donors (Lipinski definition) is 2. The molecule has 2 N–H and O–H groups in total. The third-order valence-corrected chi connectivity index (χ3v) is 3.87. The monoisotopic (exact) mass is 274 g/mol. The fraction of sp³-hybridized carbons (Fsp3) is 0.467. The third kappa shape index (κ3) is 2.67. The molecular formula is C15H18N2O3. The van der Waals surface area contributed by atoms with Gasteiger partial charge in [-0.05, 0) is 43.0 Å². The van der Waals surface area contributed by atoms with Gasteiger partial charge in [-0.1, -0.05) is 0 Å². The summed E-state index contributed by atoms with van der Waals surface area (Å²) < 4.78 is 0. The Kier molecular flexibility index (Phi) is 3.44. The molecular weight excluding hydrogens is 256 g/mol. The number of fused-ring (bicyclic) bond motifs is 1. The predicted octanol–water partition coefficient (Wildman–Crippen LogP) is 1.42. The highest BCUT2D eigenvalue weighted by Gasteiger charge is 2.26. The van der Waals surface area contributed by atoms with E-state index in [-0.39, 0.29) is 11.5 Å². The topological polar surface area (TPSA) is 69.6 Å². The van der Waals surface area contributed by atoms with Gasteiger partial charge in [0.15, 0.2) is 0 Å². The zero-order chi connectivity index (χ0) is 14.1. The van der Waals surface area contributed by atoms with Crippen LogP contribution in [0.4, 0.5) is 5.69 Å². The molecule has 1 fully saturated rings. The number of rotatable bonds is 5. The fourth-order valence-electron chi connectivity index (χ4n) is 2.60. The Hall–Kier alpha value is -1.88. The summed E-state index contributed by atoms with van der Waals surface area (Å²) in [5.74, 6) is -0.814. The average Bonchev–Trinajstić information content (AvgIpc) is 3.15. The van der Waals surface area contributed by atoms with E-state index in [0.29, 0.717) is 19.0 Å². The number of amides is 1. The second-order valence-electron chi connectivity index (χ2n) is 5.42. The SMILES string of the molecule is O=C(O)c1ccc2c(c1)CCN2C(=O)CCNC1CC1. The Morgan fingerprint density at radius 2 is 2.15 bits per heavy atom. The summed E-state index contributed by atoms with van der Waals surface area (Å²) in [5.41, 5.74) is 2.10. The van der Waals surface area contributed by atoms with Crippen LogP contribution in [-0.4, -0.2) is 36.1 Å². The molecule has 1 aromatic rings. The van der Waals surface area contributed by atoms with E-state index in [9.17, 15) is 9.59 Å². The summed E-state index contributed by atoms with van der Waals surface area (Å²) in [6.07, 6.45) is 3.67. The highest BCUT2D eigenvalue weighted by molar-refractivity contribution is 5.97. The van der Waals surface area contributed by atoms with Gasteiger partial charge < -0.3 is 15.3 Å². The Labute approximate surface area is 117 Å². The van der Waals surface area contributed by atoms with Crippen LogP contribution >= 0.6 is 0 Å². The lowest BCUT2D eigenvalue weighted by Crippen LogP contribution is -2.32. The van der Waals surface area contributed by atoms with Gasteiger partial charge in [-0.25, -0.2) is 4.79 Å². The quantitative estimate of drug-likeness (QED) is 0.852. The maximum Gasteiger partial charge on any atom is 0.335 e. The highest BCUT2D eigenvalue weighted by Crippen LogP contribution is 2.29. The van der Waals surface area contributed by atoms with Crippen LogP contribution in [0.1, 0.15) is 35.2 Å². The number of aromatic carboxylic acids is 1. The number of hydrogen-bond acceptors (Lipinski definition) is 3. The van der Waals surface area contributed by atoms with Gasteiger partial charge in [0.1, 0.15) is 0 Å². The molecule has 1 amide bonds. The summed E-state index contributed by atoms with van der Waals surface area (Å²) in [5, 5.41) is 12.3. The van der Waals surface area contributed by atoms with Crippen molar-refractivity contribution in [3.05, 3.63) is 29.3 Å². The largest absolute Gasteiger partial charge is 0.478 e.